The lowest BCUT2D eigenvalue weighted by atomic mass is 9.90. The molecule has 9 aromatic heterocycles. The SMILES string of the molecule is [C-]#[N+]c1ccc(-c2cccc(-c3cc(-c4cccc(-c5ccc(C#N)nc5)c4)cc(-c4cccc(-c5ccc(C#N)nc5)c4)c3)c2)cn1.[C-]#[N+]c1cncc(-c2cccc(-c3cc(-c4cccc(-c5cncc(C#N)c5)c4)cc(-c4cccc(-c5cncc(C#N)c5)c4)c3)c2)c1.[C-]#[N+]c1ncccc1-c1cccc(-c2cc(-c3cccc(-c4cccnc4C#N)c3)cc(-c3cccc(-c4cccnc4C#N)c3)c2)c1. The van der Waals surface area contributed by atoms with E-state index in [0.29, 0.717) is 51.2 Å². The van der Waals surface area contributed by atoms with E-state index in [1.54, 1.807) is 92.6 Å². The van der Waals surface area contributed by atoms with E-state index in [9.17, 15) is 31.6 Å². The van der Waals surface area contributed by atoms with Gasteiger partial charge in [-0.1, -0.05) is 189 Å². The third kappa shape index (κ3) is 20.8. The fourth-order valence-corrected chi connectivity index (χ4v) is 17.3. The van der Waals surface area contributed by atoms with Crippen molar-refractivity contribution in [3.8, 4) is 237 Å². The number of aromatic nitrogens is 9. The summed E-state index contributed by atoms with van der Waals surface area (Å²) in [4.78, 5) is 49.0. The zero-order valence-electron chi connectivity index (χ0n) is 76.6. The van der Waals surface area contributed by atoms with Gasteiger partial charge in [-0.15, -0.1) is 9.97 Å². The monoisotopic (exact) mass is 1840 g/mol. The zero-order valence-corrected chi connectivity index (χ0v) is 76.6. The Bertz CT molecular complexity index is 8120. The fourth-order valence-electron chi connectivity index (χ4n) is 17.3. The summed E-state index contributed by atoms with van der Waals surface area (Å²) in [5, 5.41) is 56.7. The maximum Gasteiger partial charge on any atom is 0.277 e. The number of nitriles is 6. The van der Waals surface area contributed by atoms with Crippen molar-refractivity contribution in [2.75, 3.05) is 0 Å². The molecule has 0 saturated carbocycles. The standard InChI is InChI=1S/3C42H24N6/c1-45-42-39(16-7-19-48-42)33-13-4-10-30(22-33)36-24-34(28-8-2-11-31(20-28)37-14-5-17-46-40(37)26-43)23-35(25-36)29-9-3-12-32(21-29)38-15-6-18-47-41(38)27-44;1-45-42-19-41(26-48-27-42)35-10-4-7-32(15-35)38-17-36(30-5-2-8-33(13-30)39-11-28(20-43)22-46-24-39)16-37(18-38)31-6-3-9-34(14-31)40-12-29(21-44)23-47-25-40;1-45-42-16-13-36(27-48-42)30-7-4-10-33(19-30)39-21-37(31-8-2-5-28(17-31)34-11-14-40(23-43)46-25-34)20-38(22-39)32-9-3-6-29(18-32)35-12-15-41(24-44)47-26-35/h2-25H;2-19,22-27H;2-22,25-27H. The lowest BCUT2D eigenvalue weighted by Crippen LogP contribution is -1.91. The van der Waals surface area contributed by atoms with Gasteiger partial charge in [-0.3, -0.25) is 15.0 Å². The number of pyridine rings is 9. The maximum atomic E-state index is 9.71. The lowest BCUT2D eigenvalue weighted by molar-refractivity contribution is 1.26. The molecule has 144 heavy (non-hydrogen) atoms. The maximum absolute atomic E-state index is 9.71. The molecule has 0 saturated heterocycles. The van der Waals surface area contributed by atoms with Crippen molar-refractivity contribution in [1.29, 1.82) is 31.6 Å². The van der Waals surface area contributed by atoms with Crippen LogP contribution in [0, 0.1) is 87.7 Å². The van der Waals surface area contributed by atoms with Crippen LogP contribution in [0.4, 0.5) is 17.3 Å². The van der Waals surface area contributed by atoms with E-state index < -0.39 is 0 Å². The number of nitrogens with zero attached hydrogens (tertiary/aromatic N) is 18. The van der Waals surface area contributed by atoms with Crippen molar-refractivity contribution in [2.24, 2.45) is 0 Å². The number of hydrogen-bond donors (Lipinski definition) is 0. The van der Waals surface area contributed by atoms with Gasteiger partial charge in [0.25, 0.3) is 11.6 Å². The highest BCUT2D eigenvalue weighted by Crippen LogP contribution is 2.44. The smallest absolute Gasteiger partial charge is 0.277 e. The first-order chi connectivity index (χ1) is 70.8. The van der Waals surface area contributed by atoms with Crippen molar-refractivity contribution in [3.05, 3.63) is 506 Å². The first-order valence-corrected chi connectivity index (χ1v) is 45.4. The minimum Gasteiger partial charge on any atom is -0.361 e. The van der Waals surface area contributed by atoms with Crippen LogP contribution in [0.25, 0.3) is 215 Å². The van der Waals surface area contributed by atoms with Gasteiger partial charge < -0.3 is 9.69 Å². The molecule has 0 amide bonds. The topological polar surface area (TPSA) is 272 Å². The Morgan fingerprint density at radius 1 is 0.181 bits per heavy atom. The van der Waals surface area contributed by atoms with Crippen LogP contribution < -0.4 is 0 Å². The van der Waals surface area contributed by atoms with Crippen LogP contribution in [0.5, 0.6) is 0 Å². The minimum atomic E-state index is 0.358. The Morgan fingerprint density at radius 3 is 0.736 bits per heavy atom. The third-order valence-corrected chi connectivity index (χ3v) is 24.4. The van der Waals surface area contributed by atoms with Crippen LogP contribution >= 0.6 is 0 Å². The molecule has 21 rings (SSSR count). The highest BCUT2D eigenvalue weighted by atomic mass is 14.9. The molecular weight excluding hydrogens is 1770 g/mol. The van der Waals surface area contributed by atoms with Gasteiger partial charge >= 0.3 is 0 Å². The van der Waals surface area contributed by atoms with Gasteiger partial charge in [0.05, 0.1) is 17.7 Å². The van der Waals surface area contributed by atoms with Gasteiger partial charge in [-0.2, -0.15) is 31.6 Å². The van der Waals surface area contributed by atoms with Gasteiger partial charge in [-0.25, -0.2) is 24.8 Å². The van der Waals surface area contributed by atoms with E-state index in [0.717, 1.165) is 200 Å². The summed E-state index contributed by atoms with van der Waals surface area (Å²) in [5.41, 5.74) is 37.7. The van der Waals surface area contributed by atoms with Gasteiger partial charge in [0.1, 0.15) is 71.6 Å². The number of benzene rings is 12. The van der Waals surface area contributed by atoms with Crippen LogP contribution in [0.2, 0.25) is 0 Å². The molecule has 0 N–H and O–H groups in total. The molecule has 12 aromatic carbocycles. The van der Waals surface area contributed by atoms with Gasteiger partial charge in [-0.05, 0) is 344 Å². The molecule has 666 valence electrons. The van der Waals surface area contributed by atoms with Crippen LogP contribution in [0.1, 0.15) is 33.9 Å². The Morgan fingerprint density at radius 2 is 0.451 bits per heavy atom. The van der Waals surface area contributed by atoms with Crippen molar-refractivity contribution in [1.82, 2.24) is 44.9 Å². The first kappa shape index (κ1) is 91.5. The van der Waals surface area contributed by atoms with E-state index in [1.807, 2.05) is 182 Å². The van der Waals surface area contributed by atoms with Gasteiger partial charge in [0, 0.05) is 106 Å². The Hall–Kier alpha value is -21.6. The summed E-state index contributed by atoms with van der Waals surface area (Å²) < 4.78 is 0. The molecule has 0 fully saturated rings. The normalized spacial score (nSPS) is 10.4. The summed E-state index contributed by atoms with van der Waals surface area (Å²) in [6.07, 6.45) is 20.1. The van der Waals surface area contributed by atoms with E-state index in [-0.39, 0.29) is 0 Å². The van der Waals surface area contributed by atoms with Gasteiger partial charge in [0.2, 0.25) is 5.69 Å². The molecule has 0 bridgehead atoms. The Kier molecular flexibility index (Phi) is 27.0. The van der Waals surface area contributed by atoms with E-state index >= 15 is 0 Å². The molecule has 0 radical (unpaired) electrons. The lowest BCUT2D eigenvalue weighted by Gasteiger charge is -2.14. The molecule has 0 unspecified atom stereocenters. The second-order valence-electron chi connectivity index (χ2n) is 33.4. The summed E-state index contributed by atoms with van der Waals surface area (Å²) in [5.74, 6) is 0.724. The van der Waals surface area contributed by atoms with Crippen molar-refractivity contribution < 1.29 is 0 Å². The molecule has 0 aliphatic heterocycles. The van der Waals surface area contributed by atoms with Gasteiger partial charge in [0.15, 0.2) is 0 Å². The zero-order chi connectivity index (χ0) is 98.6. The molecule has 9 heterocycles. The third-order valence-electron chi connectivity index (χ3n) is 24.4. The summed E-state index contributed by atoms with van der Waals surface area (Å²) in [6.45, 7) is 22.3. The molecule has 0 spiro atoms. The Labute approximate surface area is 831 Å². The predicted octanol–water partition coefficient (Wildman–Crippen LogP) is 30.5. The Balaban J connectivity index is 0.000000137. The molecular formula is C126H72N18. The van der Waals surface area contributed by atoms with Crippen molar-refractivity contribution in [3.63, 3.8) is 0 Å². The second kappa shape index (κ2) is 42.5. The highest BCUT2D eigenvalue weighted by molar-refractivity contribution is 5.92. The fraction of sp³-hybridized carbons (Fsp3) is 0. The minimum absolute atomic E-state index is 0.358. The van der Waals surface area contributed by atoms with Crippen molar-refractivity contribution >= 4 is 17.3 Å². The average Bonchev–Trinajstić information content (AvgIpc) is 0.784. The van der Waals surface area contributed by atoms with E-state index in [2.05, 4.69) is 260 Å². The predicted molar refractivity (Wildman–Crippen MR) is 564 cm³/mol. The van der Waals surface area contributed by atoms with Crippen LogP contribution in [-0.4, -0.2) is 44.9 Å². The van der Waals surface area contributed by atoms with Crippen LogP contribution in [-0.2, 0) is 0 Å². The van der Waals surface area contributed by atoms with E-state index in [1.165, 1.54) is 0 Å². The summed E-state index contributed by atoms with van der Waals surface area (Å²) >= 11 is 0. The number of hydrogen-bond acceptors (Lipinski definition) is 15. The molecule has 18 heteroatoms. The number of rotatable bonds is 18. The average molecular weight is 1840 g/mol. The molecule has 0 aliphatic carbocycles. The molecule has 18 nitrogen and oxygen atoms in total. The summed E-state index contributed by atoms with van der Waals surface area (Å²) in [6, 6.07) is 134. The van der Waals surface area contributed by atoms with Crippen LogP contribution in [0.15, 0.2) is 438 Å². The van der Waals surface area contributed by atoms with Crippen LogP contribution in [0.3, 0.4) is 0 Å². The highest BCUT2D eigenvalue weighted by Gasteiger charge is 2.20. The summed E-state index contributed by atoms with van der Waals surface area (Å²) in [7, 11) is 0. The van der Waals surface area contributed by atoms with Crippen molar-refractivity contribution in [2.45, 2.75) is 0 Å². The molecule has 21 aromatic rings. The quantitative estimate of drug-likeness (QED) is 0.0722. The molecule has 0 atom stereocenters. The van der Waals surface area contributed by atoms with E-state index in [4.69, 9.17) is 19.7 Å². The second-order valence-corrected chi connectivity index (χ2v) is 33.4. The first-order valence-electron chi connectivity index (χ1n) is 45.4. The molecule has 0 aliphatic rings. The largest absolute Gasteiger partial charge is 0.361 e.